The minimum atomic E-state index is -4.11. The number of hydrogen-bond donors (Lipinski definition) is 2. The van der Waals surface area contributed by atoms with Crippen LogP contribution in [-0.4, -0.2) is 50.8 Å². The van der Waals surface area contributed by atoms with Gasteiger partial charge in [0.25, 0.3) is 15.7 Å². The van der Waals surface area contributed by atoms with Gasteiger partial charge in [0, 0.05) is 29.7 Å². The number of nitro benzene ring substituents is 1. The molecule has 4 aromatic rings. The Morgan fingerprint density at radius 3 is 2.58 bits per heavy atom. The molecule has 0 unspecified atom stereocenters. The van der Waals surface area contributed by atoms with E-state index in [9.17, 15) is 18.5 Å². The molecule has 1 aliphatic rings. The Morgan fingerprint density at radius 1 is 1.07 bits per heavy atom. The van der Waals surface area contributed by atoms with E-state index < -0.39 is 20.6 Å². The SMILES string of the molecule is O=[N+]([O-])c1cc(S(=O)(=O)Nc2cccc(Cl)c2)ccc1N/N=C/c1sc(N2CCOCC2)nc1-c1ccccc1. The van der Waals surface area contributed by atoms with E-state index in [-0.39, 0.29) is 16.3 Å². The second-order valence-electron chi connectivity index (χ2n) is 8.60. The highest BCUT2D eigenvalue weighted by Gasteiger charge is 2.22. The third kappa shape index (κ3) is 6.39. The zero-order valence-electron chi connectivity index (χ0n) is 20.9. The van der Waals surface area contributed by atoms with Crippen molar-refractivity contribution in [2.45, 2.75) is 4.90 Å². The largest absolute Gasteiger partial charge is 0.378 e. The number of anilines is 3. The number of hydrogen-bond acceptors (Lipinski definition) is 10. The third-order valence-corrected chi connectivity index (χ3v) is 8.56. The van der Waals surface area contributed by atoms with E-state index in [0.29, 0.717) is 18.2 Å². The number of ether oxygens (including phenoxy) is 1. The average Bonchev–Trinajstić information content (AvgIpc) is 3.38. The van der Waals surface area contributed by atoms with Crippen LogP contribution in [0.3, 0.4) is 0 Å². The summed E-state index contributed by atoms with van der Waals surface area (Å²) in [5, 5.41) is 17.2. The molecule has 3 aromatic carbocycles. The van der Waals surface area contributed by atoms with Gasteiger partial charge in [-0.2, -0.15) is 5.10 Å². The molecule has 0 aliphatic carbocycles. The minimum Gasteiger partial charge on any atom is -0.378 e. The van der Waals surface area contributed by atoms with Crippen LogP contribution in [0.4, 0.5) is 22.2 Å². The standard InChI is InChI=1S/C26H23ClN6O5S2/c27-19-7-4-8-20(15-19)31-40(36,37)21-9-10-22(23(16-21)33(34)35)30-28-17-24-25(18-5-2-1-3-6-18)29-26(39-24)32-11-13-38-14-12-32/h1-10,15-17,30-31H,11-14H2/b28-17+. The maximum absolute atomic E-state index is 12.9. The van der Waals surface area contributed by atoms with Crippen LogP contribution >= 0.6 is 22.9 Å². The number of benzene rings is 3. The van der Waals surface area contributed by atoms with Gasteiger partial charge in [-0.05, 0) is 30.3 Å². The smallest absolute Gasteiger partial charge is 0.295 e. The molecule has 0 bridgehead atoms. The van der Waals surface area contributed by atoms with Crippen LogP contribution in [0.15, 0.2) is 82.8 Å². The molecule has 40 heavy (non-hydrogen) atoms. The van der Waals surface area contributed by atoms with Crippen LogP contribution in [-0.2, 0) is 14.8 Å². The quantitative estimate of drug-likeness (QED) is 0.147. The molecule has 2 N–H and O–H groups in total. The lowest BCUT2D eigenvalue weighted by molar-refractivity contribution is -0.384. The van der Waals surface area contributed by atoms with Crippen LogP contribution in [0, 0.1) is 10.1 Å². The summed E-state index contributed by atoms with van der Waals surface area (Å²) in [4.78, 5) is 18.6. The lowest BCUT2D eigenvalue weighted by Crippen LogP contribution is -2.36. The van der Waals surface area contributed by atoms with Crippen LogP contribution in [0.25, 0.3) is 11.3 Å². The number of halogens is 1. The monoisotopic (exact) mass is 598 g/mol. The van der Waals surface area contributed by atoms with Gasteiger partial charge in [0.1, 0.15) is 5.69 Å². The van der Waals surface area contributed by atoms with Crippen molar-refractivity contribution in [1.29, 1.82) is 0 Å². The Morgan fingerprint density at radius 2 is 1.85 bits per heavy atom. The first kappa shape index (κ1) is 27.5. The number of thiazole rings is 1. The molecule has 206 valence electrons. The summed E-state index contributed by atoms with van der Waals surface area (Å²) in [6.07, 6.45) is 1.55. The fourth-order valence-corrected chi connectivity index (χ4v) is 6.22. The number of morpholine rings is 1. The third-order valence-electron chi connectivity index (χ3n) is 5.89. The summed E-state index contributed by atoms with van der Waals surface area (Å²) in [7, 11) is -4.11. The molecule has 0 radical (unpaired) electrons. The van der Waals surface area contributed by atoms with Crippen molar-refractivity contribution >= 4 is 61.4 Å². The first-order valence-corrected chi connectivity index (χ1v) is 14.7. The van der Waals surface area contributed by atoms with Crippen molar-refractivity contribution in [1.82, 2.24) is 4.98 Å². The van der Waals surface area contributed by atoms with E-state index in [1.807, 2.05) is 30.3 Å². The first-order valence-electron chi connectivity index (χ1n) is 12.0. The molecular weight excluding hydrogens is 576 g/mol. The summed E-state index contributed by atoms with van der Waals surface area (Å²) in [6.45, 7) is 2.69. The van der Waals surface area contributed by atoms with Gasteiger partial charge >= 0.3 is 0 Å². The zero-order chi connectivity index (χ0) is 28.1. The number of nitrogens with one attached hydrogen (secondary N) is 2. The first-order chi connectivity index (χ1) is 19.3. The van der Waals surface area contributed by atoms with Gasteiger partial charge in [-0.3, -0.25) is 20.3 Å². The minimum absolute atomic E-state index is 0.0298. The summed E-state index contributed by atoms with van der Waals surface area (Å²) in [6, 6.07) is 19.3. The Kier molecular flexibility index (Phi) is 8.26. The van der Waals surface area contributed by atoms with E-state index in [2.05, 4.69) is 20.1 Å². The highest BCUT2D eigenvalue weighted by atomic mass is 35.5. The predicted molar refractivity (Wildman–Crippen MR) is 157 cm³/mol. The number of nitrogens with zero attached hydrogens (tertiary/aromatic N) is 4. The normalized spacial score (nSPS) is 13.9. The summed E-state index contributed by atoms with van der Waals surface area (Å²) in [5.41, 5.74) is 4.15. The molecule has 5 rings (SSSR count). The van der Waals surface area contributed by atoms with Crippen molar-refractivity contribution < 1.29 is 18.1 Å². The van der Waals surface area contributed by atoms with E-state index in [0.717, 1.165) is 40.4 Å². The van der Waals surface area contributed by atoms with Crippen LogP contribution < -0.4 is 15.0 Å². The average molecular weight is 599 g/mol. The van der Waals surface area contributed by atoms with Gasteiger partial charge in [0.15, 0.2) is 5.13 Å². The Labute approximate surface area is 239 Å². The van der Waals surface area contributed by atoms with Gasteiger partial charge in [-0.25, -0.2) is 13.4 Å². The van der Waals surface area contributed by atoms with Crippen molar-refractivity contribution in [3.05, 3.63) is 92.8 Å². The van der Waals surface area contributed by atoms with E-state index in [4.69, 9.17) is 21.3 Å². The summed E-state index contributed by atoms with van der Waals surface area (Å²) < 4.78 is 33.5. The maximum atomic E-state index is 12.9. The zero-order valence-corrected chi connectivity index (χ0v) is 23.2. The van der Waals surface area contributed by atoms with E-state index in [1.54, 1.807) is 18.3 Å². The fraction of sp³-hybridized carbons (Fsp3) is 0.154. The lowest BCUT2D eigenvalue weighted by Gasteiger charge is -2.26. The van der Waals surface area contributed by atoms with Crippen molar-refractivity contribution in [3.63, 3.8) is 0 Å². The molecule has 0 atom stereocenters. The van der Waals surface area contributed by atoms with Crippen molar-refractivity contribution in [3.8, 4) is 11.3 Å². The molecule has 0 saturated carbocycles. The fourth-order valence-electron chi connectivity index (χ4n) is 3.95. The van der Waals surface area contributed by atoms with E-state index >= 15 is 0 Å². The number of aromatic nitrogens is 1. The highest BCUT2D eigenvalue weighted by Crippen LogP contribution is 2.33. The van der Waals surface area contributed by atoms with Crippen LogP contribution in [0.5, 0.6) is 0 Å². The Bertz CT molecular complexity index is 1660. The lowest BCUT2D eigenvalue weighted by atomic mass is 10.1. The van der Waals surface area contributed by atoms with Gasteiger partial charge in [-0.15, -0.1) is 0 Å². The number of nitro groups is 1. The summed E-state index contributed by atoms with van der Waals surface area (Å²) >= 11 is 7.38. The van der Waals surface area contributed by atoms with Crippen molar-refractivity contribution in [2.24, 2.45) is 5.10 Å². The molecule has 1 aliphatic heterocycles. The molecule has 1 saturated heterocycles. The molecule has 14 heteroatoms. The second-order valence-corrected chi connectivity index (χ2v) is 11.7. The number of sulfonamides is 1. The van der Waals surface area contributed by atoms with Gasteiger partial charge in [0.2, 0.25) is 0 Å². The maximum Gasteiger partial charge on any atom is 0.295 e. The van der Waals surface area contributed by atoms with Crippen LogP contribution in [0.1, 0.15) is 4.88 Å². The highest BCUT2D eigenvalue weighted by molar-refractivity contribution is 7.92. The molecule has 0 spiro atoms. The topological polar surface area (TPSA) is 139 Å². The Balaban J connectivity index is 1.40. The molecular formula is C26H23ClN6O5S2. The van der Waals surface area contributed by atoms with E-state index in [1.165, 1.54) is 35.6 Å². The van der Waals surface area contributed by atoms with Gasteiger partial charge in [-0.1, -0.05) is 59.3 Å². The summed E-state index contributed by atoms with van der Waals surface area (Å²) in [5.74, 6) is 0. The molecule has 2 heterocycles. The van der Waals surface area contributed by atoms with Crippen LogP contribution in [0.2, 0.25) is 5.02 Å². The molecule has 1 fully saturated rings. The van der Waals surface area contributed by atoms with Gasteiger partial charge < -0.3 is 9.64 Å². The Hall–Kier alpha value is -4.04. The number of rotatable bonds is 9. The predicted octanol–water partition coefficient (Wildman–Crippen LogP) is 5.46. The number of hydrazone groups is 1. The molecule has 11 nitrogen and oxygen atoms in total. The molecule has 0 amide bonds. The van der Waals surface area contributed by atoms with Crippen molar-refractivity contribution in [2.75, 3.05) is 41.4 Å². The van der Waals surface area contributed by atoms with Gasteiger partial charge in [0.05, 0.1) is 45.5 Å². The molecule has 1 aromatic heterocycles. The second kappa shape index (κ2) is 12.0.